The summed E-state index contributed by atoms with van der Waals surface area (Å²) >= 11 is 0. The molecule has 4 rings (SSSR count). The number of fused-ring (bicyclic) bond motifs is 1. The molecule has 1 aromatic carbocycles. The molecule has 32 heteroatoms. The van der Waals surface area contributed by atoms with Crippen molar-refractivity contribution in [1.29, 1.82) is 0 Å². The Morgan fingerprint density at radius 1 is 0.544 bits per heavy atom. The van der Waals surface area contributed by atoms with Crippen LogP contribution in [0.5, 0.6) is 5.75 Å². The molecule has 0 spiro atoms. The van der Waals surface area contributed by atoms with Crippen LogP contribution in [0.4, 0.5) is 10.6 Å². The lowest BCUT2D eigenvalue weighted by molar-refractivity contribution is -0.158. The highest BCUT2D eigenvalue weighted by molar-refractivity contribution is 7.89. The summed E-state index contributed by atoms with van der Waals surface area (Å²) in [7, 11) is -9.24. The van der Waals surface area contributed by atoms with Crippen molar-refractivity contribution in [1.82, 2.24) is 45.3 Å². The lowest BCUT2D eigenvalue weighted by Crippen LogP contribution is -2.52. The fourth-order valence-corrected chi connectivity index (χ4v) is 13.5. The summed E-state index contributed by atoms with van der Waals surface area (Å²) in [5.74, 6) is -4.92. The number of benzene rings is 1. The number of Topliss-reactive ketones (excluding diaryl/α,β-unsaturated/α-hetero) is 1. The number of rotatable bonds is 32. The van der Waals surface area contributed by atoms with E-state index in [0.29, 0.717) is 50.5 Å². The number of ketones is 1. The number of hydrogen-bond acceptors (Lipinski definition) is 24. The van der Waals surface area contributed by atoms with E-state index in [9.17, 15) is 64.5 Å². The van der Waals surface area contributed by atoms with Crippen molar-refractivity contribution in [3.63, 3.8) is 0 Å². The summed E-state index contributed by atoms with van der Waals surface area (Å²) in [5, 5.41) is 7.86. The number of hydrogen-bond donors (Lipinski definition) is 5. The minimum absolute atomic E-state index is 0.0108. The number of amides is 4. The Kier molecular flexibility index (Phi) is 33.9. The van der Waals surface area contributed by atoms with E-state index in [1.165, 1.54) is 12.1 Å². The van der Waals surface area contributed by atoms with Crippen LogP contribution in [0.25, 0.3) is 0 Å². The molecule has 2 aromatic rings. The van der Waals surface area contributed by atoms with Crippen LogP contribution in [0, 0.1) is 13.8 Å². The SMILES string of the molecule is Cc1cc(OCCCC(=O)NCCCC(=O)[C@H](CS(=O)(=O)O)NC(=O)CN2CCN(CC(=O)OC(C)(C)C)CCN(CC(=O)OC(C)(C)C)CCN(CC(=O)OC(C)(C)C)CC2)cc(C)c1S(=O)(=O)N[C@@H](CNC(=O)CCCCc1ccc2c(n1)N(C(=O)OC(C)(C)C)CCC2)C(=O)OC(C)(C)C. The van der Waals surface area contributed by atoms with E-state index in [0.717, 1.165) is 24.1 Å². The highest BCUT2D eigenvalue weighted by atomic mass is 32.2. The van der Waals surface area contributed by atoms with Crippen LogP contribution in [-0.2, 0) is 95.0 Å². The van der Waals surface area contributed by atoms with Crippen LogP contribution < -0.4 is 30.3 Å². The van der Waals surface area contributed by atoms with Gasteiger partial charge in [0.15, 0.2) is 5.78 Å². The molecule has 0 radical (unpaired) electrons. The number of pyridine rings is 1. The summed E-state index contributed by atoms with van der Waals surface area (Å²) in [6.45, 7) is 30.5. The van der Waals surface area contributed by atoms with Gasteiger partial charge in [-0.1, -0.05) is 6.07 Å². The average Bonchev–Trinajstić information content (AvgIpc) is 0.791. The molecule has 3 heterocycles. The summed E-state index contributed by atoms with van der Waals surface area (Å²) in [6.07, 6.45) is 2.67. The Balaban J connectivity index is 1.32. The molecule has 5 N–H and O–H groups in total. The molecule has 1 fully saturated rings. The number of carbonyl (C=O) groups excluding carboxylic acids is 9. The lowest BCUT2D eigenvalue weighted by Gasteiger charge is -2.34. The molecule has 0 bridgehead atoms. The van der Waals surface area contributed by atoms with E-state index in [2.05, 4.69) is 20.7 Å². The first kappa shape index (κ1) is 88.5. The molecule has 1 saturated heterocycles. The van der Waals surface area contributed by atoms with Gasteiger partial charge in [-0.15, -0.1) is 0 Å². The second-order valence-corrected chi connectivity index (χ2v) is 34.4. The van der Waals surface area contributed by atoms with Gasteiger partial charge >= 0.3 is 30.0 Å². The fraction of sp³-hybridized carbons (Fsp3) is 0.718. The third kappa shape index (κ3) is 36.1. The zero-order valence-corrected chi connectivity index (χ0v) is 65.4. The van der Waals surface area contributed by atoms with E-state index in [1.807, 2.05) is 26.8 Å². The number of unbranched alkanes of at least 4 members (excludes halogenated alkanes) is 1. The first-order chi connectivity index (χ1) is 47.5. The topological polar surface area (TPSA) is 375 Å². The number of aromatic nitrogens is 1. The van der Waals surface area contributed by atoms with Crippen molar-refractivity contribution in [3.05, 3.63) is 46.6 Å². The predicted octanol–water partition coefficient (Wildman–Crippen LogP) is 5.15. The van der Waals surface area contributed by atoms with Crippen LogP contribution in [0.1, 0.15) is 178 Å². The maximum absolute atomic E-state index is 14.1. The van der Waals surface area contributed by atoms with Crippen molar-refractivity contribution >= 4 is 79.4 Å². The van der Waals surface area contributed by atoms with Crippen molar-refractivity contribution in [2.75, 3.05) is 115 Å². The third-order valence-corrected chi connectivity index (χ3v) is 18.0. The van der Waals surface area contributed by atoms with Gasteiger partial charge in [0.1, 0.15) is 57.4 Å². The Bertz CT molecular complexity index is 3400. The van der Waals surface area contributed by atoms with Crippen molar-refractivity contribution < 1.29 is 93.0 Å². The summed E-state index contributed by atoms with van der Waals surface area (Å²) in [4.78, 5) is 133. The van der Waals surface area contributed by atoms with Crippen molar-refractivity contribution in [3.8, 4) is 5.75 Å². The molecule has 582 valence electrons. The van der Waals surface area contributed by atoms with Gasteiger partial charge in [-0.2, -0.15) is 13.1 Å². The number of aryl methyl sites for hydroxylation is 4. The second kappa shape index (κ2) is 39.4. The van der Waals surface area contributed by atoms with Gasteiger partial charge in [-0.3, -0.25) is 67.4 Å². The molecule has 2 aliphatic rings. The molecule has 4 amide bonds. The highest BCUT2D eigenvalue weighted by Gasteiger charge is 2.35. The van der Waals surface area contributed by atoms with Crippen molar-refractivity contribution in [2.45, 2.75) is 227 Å². The standard InChI is InChI=1S/C71H116N10O20S2/c1-49-41-53(42-50(2)63(49)103(94,95)76-54(65(89)100-70(12,13)14)43-73-58(84)26-19-18-24-52-29-28-51-23-21-31-81(64(51)74-52)66(90)101-71(15,16)17)96-40-22-27-57(83)72-30-20-25-56(82)55(48-102(91,92)93)75-59(85)44-77-32-34-78(45-60(86)97-67(3,4)5)36-38-80(47-62(88)99-69(9,10)11)39-37-79(35-33-77)46-61(87)98-68(6,7)8/h28-29,41-42,54-55,76H,18-27,30-40,43-48H2,1-17H3,(H,72,83)(H,73,84)(H,75,85)(H,91,92,93)/t54-,55-/m0/s1. The van der Waals surface area contributed by atoms with Crippen molar-refractivity contribution in [2.24, 2.45) is 0 Å². The minimum Gasteiger partial charge on any atom is -0.494 e. The highest BCUT2D eigenvalue weighted by Crippen LogP contribution is 2.29. The number of sulfonamides is 1. The molecule has 103 heavy (non-hydrogen) atoms. The summed E-state index contributed by atoms with van der Waals surface area (Å²) in [5.41, 5.74) is -1.73. The molecule has 1 aromatic heterocycles. The number of carbonyl (C=O) groups is 9. The molecule has 0 saturated carbocycles. The van der Waals surface area contributed by atoms with Crippen LogP contribution in [-0.4, -0.2) is 250 Å². The largest absolute Gasteiger partial charge is 0.494 e. The molecule has 30 nitrogen and oxygen atoms in total. The Hall–Kier alpha value is -6.94. The third-order valence-electron chi connectivity index (χ3n) is 15.4. The molecule has 2 atom stereocenters. The van der Waals surface area contributed by atoms with Gasteiger partial charge in [0, 0.05) is 96.9 Å². The quantitative estimate of drug-likeness (QED) is 0.0274. The molecule has 2 aliphatic heterocycles. The Morgan fingerprint density at radius 3 is 1.49 bits per heavy atom. The molecular formula is C71H116N10O20S2. The summed E-state index contributed by atoms with van der Waals surface area (Å²) < 4.78 is 99.0. The van der Waals surface area contributed by atoms with E-state index >= 15 is 0 Å². The average molecular weight is 1490 g/mol. The van der Waals surface area contributed by atoms with Gasteiger partial charge in [0.05, 0.1) is 37.7 Å². The number of nitrogens with one attached hydrogen (secondary N) is 4. The molecule has 0 aliphatic carbocycles. The fourth-order valence-electron chi connectivity index (χ4n) is 11.1. The number of nitrogens with zero attached hydrogens (tertiary/aromatic N) is 6. The van der Waals surface area contributed by atoms with E-state index in [-0.39, 0.29) is 127 Å². The maximum Gasteiger partial charge on any atom is 0.416 e. The van der Waals surface area contributed by atoms with Gasteiger partial charge in [0.2, 0.25) is 27.7 Å². The van der Waals surface area contributed by atoms with E-state index in [1.54, 1.807) is 128 Å². The van der Waals surface area contributed by atoms with E-state index < -0.39 is 126 Å². The first-order valence-corrected chi connectivity index (χ1v) is 38.4. The zero-order chi connectivity index (χ0) is 77.5. The second-order valence-electron chi connectivity index (χ2n) is 31.2. The molecular weight excluding hydrogens is 1380 g/mol. The Morgan fingerprint density at radius 2 is 1.01 bits per heavy atom. The van der Waals surface area contributed by atoms with Crippen LogP contribution in [0.3, 0.4) is 0 Å². The smallest absolute Gasteiger partial charge is 0.416 e. The minimum atomic E-state index is -4.81. The van der Waals surface area contributed by atoms with Gasteiger partial charge in [0.25, 0.3) is 10.1 Å². The van der Waals surface area contributed by atoms with Crippen LogP contribution >= 0.6 is 0 Å². The Labute approximate surface area is 609 Å². The van der Waals surface area contributed by atoms with Gasteiger partial charge in [-0.25, -0.2) is 18.2 Å². The zero-order valence-electron chi connectivity index (χ0n) is 63.8. The monoisotopic (exact) mass is 1490 g/mol. The number of anilines is 1. The van der Waals surface area contributed by atoms with Gasteiger partial charge in [-0.05, 0) is 198 Å². The van der Waals surface area contributed by atoms with Gasteiger partial charge < -0.3 is 44.4 Å². The lowest BCUT2D eigenvalue weighted by atomic mass is 10.0. The number of ether oxygens (including phenoxy) is 6. The predicted molar refractivity (Wildman–Crippen MR) is 386 cm³/mol. The normalized spacial score (nSPS) is 16.0. The first-order valence-electron chi connectivity index (χ1n) is 35.3. The van der Waals surface area contributed by atoms with Crippen LogP contribution in [0.2, 0.25) is 0 Å². The summed E-state index contributed by atoms with van der Waals surface area (Å²) in [6, 6.07) is 3.69. The van der Waals surface area contributed by atoms with Crippen LogP contribution in [0.15, 0.2) is 29.2 Å². The number of esters is 4. The van der Waals surface area contributed by atoms with E-state index in [4.69, 9.17) is 33.4 Å². The maximum atomic E-state index is 14.1. The molecule has 0 unspecified atom stereocenters.